The zero-order valence-electron chi connectivity index (χ0n) is 12.1. The van der Waals surface area contributed by atoms with Crippen molar-refractivity contribution in [2.45, 2.75) is 46.1 Å². The van der Waals surface area contributed by atoms with Gasteiger partial charge in [-0.25, -0.2) is 4.79 Å². The number of allylic oxidation sites excluding steroid dienone is 2. The molecule has 2 aliphatic rings. The van der Waals surface area contributed by atoms with Gasteiger partial charge in [-0.1, -0.05) is 12.2 Å². The van der Waals surface area contributed by atoms with Gasteiger partial charge in [0.05, 0.1) is 5.41 Å². The van der Waals surface area contributed by atoms with Gasteiger partial charge < -0.3 is 9.47 Å². The van der Waals surface area contributed by atoms with Gasteiger partial charge in [-0.3, -0.25) is 4.79 Å². The molecule has 0 spiro atoms. The van der Waals surface area contributed by atoms with E-state index in [-0.39, 0.29) is 18.5 Å². The topological polar surface area (TPSA) is 52.6 Å². The summed E-state index contributed by atoms with van der Waals surface area (Å²) < 4.78 is 10.3. The lowest BCUT2D eigenvalue weighted by Crippen LogP contribution is -2.36. The van der Waals surface area contributed by atoms with Crippen LogP contribution in [0.3, 0.4) is 0 Å². The van der Waals surface area contributed by atoms with Crippen LogP contribution in [-0.2, 0) is 19.1 Å². The molecule has 4 nitrogen and oxygen atoms in total. The fourth-order valence-electron chi connectivity index (χ4n) is 2.99. The van der Waals surface area contributed by atoms with E-state index in [2.05, 4.69) is 12.2 Å². The maximum absolute atomic E-state index is 12.2. The summed E-state index contributed by atoms with van der Waals surface area (Å²) in [7, 11) is 0. The van der Waals surface area contributed by atoms with Crippen molar-refractivity contribution in [2.75, 3.05) is 6.61 Å². The number of esters is 2. The molecule has 2 bridgehead atoms. The van der Waals surface area contributed by atoms with E-state index >= 15 is 0 Å². The van der Waals surface area contributed by atoms with Crippen LogP contribution in [-0.4, -0.2) is 24.1 Å². The second-order valence-corrected chi connectivity index (χ2v) is 6.77. The van der Waals surface area contributed by atoms with E-state index in [4.69, 9.17) is 9.47 Å². The molecule has 1 fully saturated rings. The Morgan fingerprint density at radius 3 is 2.47 bits per heavy atom. The molecule has 1 saturated carbocycles. The highest BCUT2D eigenvalue weighted by molar-refractivity contribution is 5.81. The second-order valence-electron chi connectivity index (χ2n) is 6.77. The first-order valence-electron chi connectivity index (χ1n) is 6.78. The molecule has 0 aromatic heterocycles. The summed E-state index contributed by atoms with van der Waals surface area (Å²) in [4.78, 5) is 23.7. The zero-order valence-corrected chi connectivity index (χ0v) is 12.1. The third kappa shape index (κ3) is 2.99. The number of hydrogen-bond donors (Lipinski definition) is 0. The van der Waals surface area contributed by atoms with Gasteiger partial charge in [0.15, 0.2) is 6.61 Å². The Hall–Kier alpha value is -1.32. The number of ether oxygens (including phenoxy) is 2. The Morgan fingerprint density at radius 2 is 2.00 bits per heavy atom. The minimum Gasteiger partial charge on any atom is -0.457 e. The Bertz CT molecular complexity index is 418. The van der Waals surface area contributed by atoms with Gasteiger partial charge in [0.25, 0.3) is 0 Å². The van der Waals surface area contributed by atoms with E-state index < -0.39 is 17.0 Å². The summed E-state index contributed by atoms with van der Waals surface area (Å²) in [5.74, 6) is -0.0360. The highest BCUT2D eigenvalue weighted by atomic mass is 16.6. The van der Waals surface area contributed by atoms with Gasteiger partial charge in [-0.15, -0.1) is 0 Å². The molecule has 0 aromatic carbocycles. The SMILES string of the molecule is CC(C)(C)OC(=O)COC(=O)C1(C)CC2C=CC1C2. The van der Waals surface area contributed by atoms with Crippen LogP contribution in [0.25, 0.3) is 0 Å². The molecule has 0 heterocycles. The van der Waals surface area contributed by atoms with Crippen molar-refractivity contribution in [3.63, 3.8) is 0 Å². The first-order chi connectivity index (χ1) is 8.71. The molecular formula is C15H22O4. The molecule has 0 aromatic rings. The van der Waals surface area contributed by atoms with E-state index in [1.54, 1.807) is 20.8 Å². The Balaban J connectivity index is 1.85. The van der Waals surface area contributed by atoms with Crippen LogP contribution < -0.4 is 0 Å². The number of rotatable bonds is 3. The predicted molar refractivity (Wildman–Crippen MR) is 70.3 cm³/mol. The number of fused-ring (bicyclic) bond motifs is 2. The van der Waals surface area contributed by atoms with Crippen molar-refractivity contribution in [3.05, 3.63) is 12.2 Å². The molecule has 3 unspecified atom stereocenters. The predicted octanol–water partition coefficient (Wildman–Crippen LogP) is 2.47. The Labute approximate surface area is 114 Å². The summed E-state index contributed by atoms with van der Waals surface area (Å²) in [6.45, 7) is 6.99. The average molecular weight is 266 g/mol. The molecule has 0 amide bonds. The third-order valence-electron chi connectivity index (χ3n) is 3.88. The summed E-state index contributed by atoms with van der Waals surface area (Å²) in [6.07, 6.45) is 6.12. The van der Waals surface area contributed by atoms with Crippen molar-refractivity contribution in [3.8, 4) is 0 Å². The molecule has 2 aliphatic carbocycles. The van der Waals surface area contributed by atoms with E-state index in [1.807, 2.05) is 6.92 Å². The fraction of sp³-hybridized carbons (Fsp3) is 0.733. The largest absolute Gasteiger partial charge is 0.457 e. The van der Waals surface area contributed by atoms with Gasteiger partial charge in [-0.2, -0.15) is 0 Å². The van der Waals surface area contributed by atoms with Gasteiger partial charge in [0.1, 0.15) is 5.60 Å². The first-order valence-corrected chi connectivity index (χ1v) is 6.78. The van der Waals surface area contributed by atoms with E-state index in [1.165, 1.54) is 0 Å². The summed E-state index contributed by atoms with van der Waals surface area (Å²) in [6, 6.07) is 0. The fourth-order valence-corrected chi connectivity index (χ4v) is 2.99. The lowest BCUT2D eigenvalue weighted by Gasteiger charge is -2.28. The van der Waals surface area contributed by atoms with Crippen molar-refractivity contribution >= 4 is 11.9 Å². The lowest BCUT2D eigenvalue weighted by molar-refractivity contribution is -0.171. The molecule has 3 atom stereocenters. The van der Waals surface area contributed by atoms with Crippen molar-refractivity contribution < 1.29 is 19.1 Å². The standard InChI is InChI=1S/C15H22O4/c1-14(2,3)19-12(16)9-18-13(17)15(4)8-10-5-6-11(15)7-10/h5-6,10-11H,7-9H2,1-4H3. The molecule has 19 heavy (non-hydrogen) atoms. The van der Waals surface area contributed by atoms with E-state index in [9.17, 15) is 9.59 Å². The van der Waals surface area contributed by atoms with Gasteiger partial charge >= 0.3 is 11.9 Å². The number of carbonyl (C=O) groups is 2. The smallest absolute Gasteiger partial charge is 0.344 e. The third-order valence-corrected chi connectivity index (χ3v) is 3.88. The molecule has 106 valence electrons. The number of hydrogen-bond acceptors (Lipinski definition) is 4. The van der Waals surface area contributed by atoms with Crippen molar-refractivity contribution in [1.82, 2.24) is 0 Å². The number of carbonyl (C=O) groups excluding carboxylic acids is 2. The Morgan fingerprint density at radius 1 is 1.32 bits per heavy atom. The normalized spacial score (nSPS) is 32.4. The van der Waals surface area contributed by atoms with Crippen LogP contribution in [0.5, 0.6) is 0 Å². The minimum atomic E-state index is -0.553. The Kier molecular flexibility index (Phi) is 3.45. The van der Waals surface area contributed by atoms with Crippen LogP contribution in [0.15, 0.2) is 12.2 Å². The molecule has 0 aliphatic heterocycles. The quantitative estimate of drug-likeness (QED) is 0.581. The van der Waals surface area contributed by atoms with E-state index in [0.29, 0.717) is 5.92 Å². The first kappa shape index (κ1) is 14.1. The van der Waals surface area contributed by atoms with Crippen LogP contribution >= 0.6 is 0 Å². The second kappa shape index (κ2) is 4.66. The monoisotopic (exact) mass is 266 g/mol. The maximum atomic E-state index is 12.2. The molecule has 0 radical (unpaired) electrons. The van der Waals surface area contributed by atoms with Crippen LogP contribution in [0.4, 0.5) is 0 Å². The molecule has 4 heteroatoms. The van der Waals surface area contributed by atoms with Gasteiger partial charge in [-0.05, 0) is 52.4 Å². The molecule has 0 saturated heterocycles. The van der Waals surface area contributed by atoms with Crippen LogP contribution in [0.1, 0.15) is 40.5 Å². The van der Waals surface area contributed by atoms with Crippen molar-refractivity contribution in [2.24, 2.45) is 17.3 Å². The highest BCUT2D eigenvalue weighted by Crippen LogP contribution is 2.52. The summed E-state index contributed by atoms with van der Waals surface area (Å²) >= 11 is 0. The van der Waals surface area contributed by atoms with Crippen LogP contribution in [0.2, 0.25) is 0 Å². The summed E-state index contributed by atoms with van der Waals surface area (Å²) in [5.41, 5.74) is -1.02. The molecular weight excluding hydrogens is 244 g/mol. The van der Waals surface area contributed by atoms with E-state index in [0.717, 1.165) is 12.8 Å². The molecule has 0 N–H and O–H groups in total. The van der Waals surface area contributed by atoms with Gasteiger partial charge in [0, 0.05) is 0 Å². The minimum absolute atomic E-state index is 0.253. The summed E-state index contributed by atoms with van der Waals surface area (Å²) in [5, 5.41) is 0. The van der Waals surface area contributed by atoms with Crippen LogP contribution in [0, 0.1) is 17.3 Å². The molecule has 2 rings (SSSR count). The zero-order chi connectivity index (χ0) is 14.3. The highest BCUT2D eigenvalue weighted by Gasteiger charge is 2.51. The lowest BCUT2D eigenvalue weighted by atomic mass is 9.78. The average Bonchev–Trinajstić information content (AvgIpc) is 2.83. The van der Waals surface area contributed by atoms with Crippen molar-refractivity contribution in [1.29, 1.82) is 0 Å². The maximum Gasteiger partial charge on any atom is 0.344 e. The van der Waals surface area contributed by atoms with Gasteiger partial charge in [0.2, 0.25) is 0 Å².